The zero-order valence-electron chi connectivity index (χ0n) is 27.9. The third-order valence-electron chi connectivity index (χ3n) is 7.46. The number of nitrogens with one attached hydrogen (secondary N) is 1. The standard InChI is InChI=1S/C34H40ClN3O9S2/c1-22(39)46-21-34(2,3)20-38-26-14-13-23(35)18-25(26)31(24-10-8-11-27(44-4)32(24)45-5)47-28(33(38)41)19-29(40)37-49(42,43)17-9-16-48-30-12-6-7-15-36-30/h6-8,10-15,18,28,31H,9,16-17,19-21H2,1-5H3,(H,37,40)/t28-,31-/m1/s1. The molecule has 0 aliphatic carbocycles. The molecular weight excluding hydrogens is 694 g/mol. The van der Waals surface area contributed by atoms with Crippen LogP contribution in [-0.2, 0) is 33.9 Å². The van der Waals surface area contributed by atoms with Crippen LogP contribution in [0.25, 0.3) is 0 Å². The summed E-state index contributed by atoms with van der Waals surface area (Å²) >= 11 is 7.89. The normalized spacial score (nSPS) is 16.4. The summed E-state index contributed by atoms with van der Waals surface area (Å²) in [5.41, 5.74) is 0.690. The van der Waals surface area contributed by atoms with Crippen molar-refractivity contribution in [1.82, 2.24) is 9.71 Å². The highest BCUT2D eigenvalue weighted by molar-refractivity contribution is 7.99. The van der Waals surface area contributed by atoms with Gasteiger partial charge >= 0.3 is 5.97 Å². The summed E-state index contributed by atoms with van der Waals surface area (Å²) < 4.78 is 50.9. The van der Waals surface area contributed by atoms with Gasteiger partial charge in [0.05, 0.1) is 38.0 Å². The van der Waals surface area contributed by atoms with Gasteiger partial charge in [0.15, 0.2) is 11.5 Å². The molecular formula is C34H40ClN3O9S2. The molecule has 0 spiro atoms. The average molecular weight is 734 g/mol. The monoisotopic (exact) mass is 733 g/mol. The molecule has 1 aromatic heterocycles. The molecule has 3 aromatic rings. The summed E-state index contributed by atoms with van der Waals surface area (Å²) in [7, 11) is -1.07. The summed E-state index contributed by atoms with van der Waals surface area (Å²) in [6, 6.07) is 15.6. The number of aromatic nitrogens is 1. The largest absolute Gasteiger partial charge is 0.493 e. The van der Waals surface area contributed by atoms with Crippen molar-refractivity contribution in [2.24, 2.45) is 5.41 Å². The fraction of sp³-hybridized carbons (Fsp3) is 0.412. The van der Waals surface area contributed by atoms with Crippen LogP contribution in [0.15, 0.2) is 65.8 Å². The Balaban J connectivity index is 1.66. The summed E-state index contributed by atoms with van der Waals surface area (Å²) in [4.78, 5) is 45.0. The Morgan fingerprint density at radius 2 is 1.86 bits per heavy atom. The van der Waals surface area contributed by atoms with Crippen LogP contribution >= 0.6 is 23.4 Å². The Bertz CT molecular complexity index is 1760. The SMILES string of the molecule is COc1cccc([C@H]2O[C@H](CC(=O)NS(=O)(=O)CCCSc3ccccn3)C(=O)N(CC(C)(C)COC(C)=O)c3ccc(Cl)cc32)c1OC. The van der Waals surface area contributed by atoms with Gasteiger partial charge in [-0.05, 0) is 42.8 Å². The lowest BCUT2D eigenvalue weighted by molar-refractivity contribution is -0.144. The molecule has 2 heterocycles. The van der Waals surface area contributed by atoms with Gasteiger partial charge in [0.2, 0.25) is 15.9 Å². The number of ether oxygens (including phenoxy) is 4. The van der Waals surface area contributed by atoms with Gasteiger partial charge in [0.1, 0.15) is 12.2 Å². The summed E-state index contributed by atoms with van der Waals surface area (Å²) in [6.07, 6.45) is -1.12. The highest BCUT2D eigenvalue weighted by atomic mass is 35.5. The number of hydrogen-bond donors (Lipinski definition) is 1. The second-order valence-electron chi connectivity index (χ2n) is 12.1. The van der Waals surface area contributed by atoms with Crippen molar-refractivity contribution in [3.8, 4) is 11.5 Å². The van der Waals surface area contributed by atoms with Gasteiger partial charge in [-0.1, -0.05) is 43.6 Å². The number of benzene rings is 2. The molecule has 264 valence electrons. The van der Waals surface area contributed by atoms with Crippen molar-refractivity contribution in [3.63, 3.8) is 0 Å². The molecule has 0 saturated heterocycles. The molecule has 4 rings (SSSR count). The molecule has 15 heteroatoms. The maximum absolute atomic E-state index is 14.4. The third-order valence-corrected chi connectivity index (χ3v) is 10.1. The maximum Gasteiger partial charge on any atom is 0.302 e. The van der Waals surface area contributed by atoms with E-state index < -0.39 is 51.9 Å². The lowest BCUT2D eigenvalue weighted by Crippen LogP contribution is -2.47. The molecule has 0 radical (unpaired) electrons. The first-order valence-electron chi connectivity index (χ1n) is 15.4. The van der Waals surface area contributed by atoms with Crippen LogP contribution in [0.5, 0.6) is 11.5 Å². The smallest absolute Gasteiger partial charge is 0.302 e. The second kappa shape index (κ2) is 16.7. The van der Waals surface area contributed by atoms with Crippen molar-refractivity contribution >= 4 is 56.9 Å². The Kier molecular flexibility index (Phi) is 12.9. The van der Waals surface area contributed by atoms with E-state index in [1.165, 1.54) is 37.8 Å². The van der Waals surface area contributed by atoms with Crippen molar-refractivity contribution in [2.45, 2.75) is 50.8 Å². The van der Waals surface area contributed by atoms with Gasteiger partial charge in [0, 0.05) is 52.7 Å². The highest BCUT2D eigenvalue weighted by Crippen LogP contribution is 2.45. The van der Waals surface area contributed by atoms with Gasteiger partial charge in [-0.15, -0.1) is 11.8 Å². The van der Waals surface area contributed by atoms with Crippen LogP contribution in [0.1, 0.15) is 50.8 Å². The molecule has 0 fully saturated rings. The Labute approximate surface area is 295 Å². The van der Waals surface area contributed by atoms with E-state index in [-0.39, 0.29) is 25.3 Å². The number of thioether (sulfide) groups is 1. The molecule has 1 N–H and O–H groups in total. The van der Waals surface area contributed by atoms with E-state index in [0.717, 1.165) is 5.03 Å². The molecule has 0 bridgehead atoms. The number of methoxy groups -OCH3 is 2. The number of para-hydroxylation sites is 1. The predicted octanol–water partition coefficient (Wildman–Crippen LogP) is 5.18. The van der Waals surface area contributed by atoms with E-state index in [9.17, 15) is 22.8 Å². The molecule has 12 nitrogen and oxygen atoms in total. The lowest BCUT2D eigenvalue weighted by Gasteiger charge is -2.33. The minimum atomic E-state index is -4.03. The van der Waals surface area contributed by atoms with E-state index in [2.05, 4.69) is 9.71 Å². The molecule has 1 aliphatic heterocycles. The first kappa shape index (κ1) is 38.0. The van der Waals surface area contributed by atoms with Crippen LogP contribution in [-0.4, -0.2) is 76.2 Å². The lowest BCUT2D eigenvalue weighted by atomic mass is 9.92. The Morgan fingerprint density at radius 3 is 2.53 bits per heavy atom. The molecule has 2 atom stereocenters. The number of carbonyl (C=O) groups is 3. The quantitative estimate of drug-likeness (QED) is 0.125. The number of carbonyl (C=O) groups excluding carboxylic acids is 3. The number of anilines is 1. The van der Waals surface area contributed by atoms with E-state index in [0.29, 0.717) is 39.1 Å². The van der Waals surface area contributed by atoms with Crippen molar-refractivity contribution in [2.75, 3.05) is 43.8 Å². The van der Waals surface area contributed by atoms with Crippen LogP contribution in [0.3, 0.4) is 0 Å². The fourth-order valence-electron chi connectivity index (χ4n) is 5.29. The second-order valence-corrected chi connectivity index (χ2v) is 15.5. The minimum absolute atomic E-state index is 0.00501. The number of halogens is 1. The first-order valence-corrected chi connectivity index (χ1v) is 18.4. The number of nitrogens with zero attached hydrogens (tertiary/aromatic N) is 2. The van der Waals surface area contributed by atoms with E-state index in [4.69, 9.17) is 30.5 Å². The summed E-state index contributed by atoms with van der Waals surface area (Å²) in [5.74, 6) is -1.06. The third kappa shape index (κ3) is 10.3. The zero-order chi connectivity index (χ0) is 35.8. The summed E-state index contributed by atoms with van der Waals surface area (Å²) in [5, 5.41) is 1.13. The van der Waals surface area contributed by atoms with Crippen molar-refractivity contribution in [1.29, 1.82) is 0 Å². The number of esters is 1. The molecule has 0 unspecified atom stereocenters. The molecule has 2 amide bonds. The minimum Gasteiger partial charge on any atom is -0.493 e. The number of pyridine rings is 1. The van der Waals surface area contributed by atoms with Gasteiger partial charge in [-0.2, -0.15) is 0 Å². The van der Waals surface area contributed by atoms with Crippen molar-refractivity contribution < 1.29 is 41.7 Å². The molecule has 49 heavy (non-hydrogen) atoms. The maximum atomic E-state index is 14.4. The molecule has 1 aliphatic rings. The van der Waals surface area contributed by atoms with Gasteiger partial charge in [0.25, 0.3) is 5.91 Å². The number of rotatable bonds is 15. The Hall–Kier alpha value is -3.85. The zero-order valence-corrected chi connectivity index (χ0v) is 30.3. The molecule has 2 aromatic carbocycles. The first-order chi connectivity index (χ1) is 23.2. The summed E-state index contributed by atoms with van der Waals surface area (Å²) in [6.45, 7) is 5.02. The predicted molar refractivity (Wildman–Crippen MR) is 187 cm³/mol. The number of sulfonamides is 1. The molecule has 0 saturated carbocycles. The van der Waals surface area contributed by atoms with Crippen molar-refractivity contribution in [3.05, 3.63) is 76.9 Å². The van der Waals surface area contributed by atoms with Gasteiger partial charge < -0.3 is 23.8 Å². The topological polar surface area (TPSA) is 150 Å². The van der Waals surface area contributed by atoms with E-state index in [1.807, 2.05) is 26.0 Å². The van der Waals surface area contributed by atoms with Gasteiger partial charge in [-0.3, -0.25) is 19.1 Å². The van der Waals surface area contributed by atoms with Crippen LogP contribution in [0.4, 0.5) is 5.69 Å². The van der Waals surface area contributed by atoms with Crippen LogP contribution in [0.2, 0.25) is 5.02 Å². The average Bonchev–Trinajstić information content (AvgIpc) is 3.15. The number of hydrogen-bond acceptors (Lipinski definition) is 11. The fourth-order valence-corrected chi connectivity index (χ4v) is 7.52. The van der Waals surface area contributed by atoms with E-state index in [1.54, 1.807) is 48.7 Å². The number of amides is 2. The highest BCUT2D eigenvalue weighted by Gasteiger charge is 2.41. The number of fused-ring (bicyclic) bond motifs is 1. The van der Waals surface area contributed by atoms with Crippen LogP contribution in [0, 0.1) is 5.41 Å². The van der Waals surface area contributed by atoms with E-state index >= 15 is 0 Å². The van der Waals surface area contributed by atoms with Crippen LogP contribution < -0.4 is 19.1 Å². The Morgan fingerprint density at radius 1 is 1.08 bits per heavy atom. The van der Waals surface area contributed by atoms with Gasteiger partial charge in [-0.25, -0.2) is 13.4 Å².